The average Bonchev–Trinajstić information content (AvgIpc) is 2.72. The molecule has 3 amide bonds. The second-order valence-electron chi connectivity index (χ2n) is 6.88. The number of hydrazine groups is 1. The first-order valence-corrected chi connectivity index (χ1v) is 9.16. The van der Waals surface area contributed by atoms with Crippen LogP contribution in [0.2, 0.25) is 0 Å². The smallest absolute Gasteiger partial charge is 0.272 e. The highest BCUT2D eigenvalue weighted by Gasteiger charge is 2.29. The van der Waals surface area contributed by atoms with E-state index >= 15 is 0 Å². The molecule has 1 aliphatic heterocycles. The molecule has 2 N–H and O–H groups in total. The highest BCUT2D eigenvalue weighted by atomic mass is 19.1. The minimum atomic E-state index is -0.727. The van der Waals surface area contributed by atoms with Gasteiger partial charge in [-0.2, -0.15) is 0 Å². The van der Waals surface area contributed by atoms with Crippen molar-refractivity contribution in [1.82, 2.24) is 15.8 Å². The summed E-state index contributed by atoms with van der Waals surface area (Å²) in [5.74, 6) is -2.35. The minimum absolute atomic E-state index is 0.118. The summed E-state index contributed by atoms with van der Waals surface area (Å²) in [5.41, 5.74) is 6.08. The fourth-order valence-electron chi connectivity index (χ4n) is 3.19. The Balaban J connectivity index is 1.57. The number of hydrogen-bond acceptors (Lipinski definition) is 3. The normalized spacial score (nSPS) is 16.4. The number of nitrogens with one attached hydrogen (secondary N) is 2. The maximum absolute atomic E-state index is 13.6. The van der Waals surface area contributed by atoms with Gasteiger partial charge >= 0.3 is 0 Å². The number of nitrogens with zero attached hydrogens (tertiary/aromatic N) is 1. The van der Waals surface area contributed by atoms with E-state index in [4.69, 9.17) is 0 Å². The molecular weight excluding hydrogens is 361 g/mol. The summed E-state index contributed by atoms with van der Waals surface area (Å²) in [6.07, 6.45) is 1.30. The van der Waals surface area contributed by atoms with E-state index in [1.807, 2.05) is 19.1 Å². The molecule has 0 saturated carbocycles. The summed E-state index contributed by atoms with van der Waals surface area (Å²) >= 11 is 0. The van der Waals surface area contributed by atoms with Crippen molar-refractivity contribution in [3.05, 3.63) is 71.0 Å². The van der Waals surface area contributed by atoms with Gasteiger partial charge < -0.3 is 4.90 Å². The zero-order chi connectivity index (χ0) is 20.1. The van der Waals surface area contributed by atoms with E-state index in [1.165, 1.54) is 24.3 Å². The van der Waals surface area contributed by atoms with Gasteiger partial charge in [-0.05, 0) is 44.0 Å². The summed E-state index contributed by atoms with van der Waals surface area (Å²) in [7, 11) is 0. The molecule has 0 aliphatic carbocycles. The van der Waals surface area contributed by atoms with Crippen molar-refractivity contribution in [3.8, 4) is 0 Å². The van der Waals surface area contributed by atoms with Crippen molar-refractivity contribution in [1.29, 1.82) is 0 Å². The lowest BCUT2D eigenvalue weighted by Gasteiger charge is -2.32. The number of likely N-dealkylation sites (tertiary alicyclic amines) is 1. The first-order valence-electron chi connectivity index (χ1n) is 9.16. The van der Waals surface area contributed by atoms with Crippen molar-refractivity contribution in [2.24, 2.45) is 5.92 Å². The van der Waals surface area contributed by atoms with E-state index in [9.17, 15) is 18.8 Å². The number of carbonyl (C=O) groups is 3. The van der Waals surface area contributed by atoms with Crippen molar-refractivity contribution in [3.63, 3.8) is 0 Å². The van der Waals surface area contributed by atoms with E-state index in [-0.39, 0.29) is 18.0 Å². The Bertz CT molecular complexity index is 883. The Kier molecular flexibility index (Phi) is 6.03. The Morgan fingerprint density at radius 1 is 1.04 bits per heavy atom. The molecule has 1 heterocycles. The molecule has 0 aromatic heterocycles. The highest BCUT2D eigenvalue weighted by Crippen LogP contribution is 2.19. The number of piperidine rings is 1. The molecule has 1 aliphatic rings. The van der Waals surface area contributed by atoms with Crippen molar-refractivity contribution in [2.75, 3.05) is 13.1 Å². The molecule has 7 heteroatoms. The molecule has 28 heavy (non-hydrogen) atoms. The first kappa shape index (κ1) is 19.5. The van der Waals surface area contributed by atoms with Crippen LogP contribution in [0.4, 0.5) is 4.39 Å². The fraction of sp³-hybridized carbons (Fsp3) is 0.286. The summed E-state index contributed by atoms with van der Waals surface area (Å²) in [4.78, 5) is 38.7. The maximum atomic E-state index is 13.6. The van der Waals surface area contributed by atoms with Gasteiger partial charge in [-0.3, -0.25) is 25.2 Å². The van der Waals surface area contributed by atoms with Gasteiger partial charge in [-0.25, -0.2) is 4.39 Å². The second-order valence-corrected chi connectivity index (χ2v) is 6.88. The van der Waals surface area contributed by atoms with Crippen LogP contribution in [0, 0.1) is 18.7 Å². The van der Waals surface area contributed by atoms with Crippen LogP contribution in [0.1, 0.15) is 39.1 Å². The molecule has 6 nitrogen and oxygen atoms in total. The summed E-state index contributed by atoms with van der Waals surface area (Å²) < 4.78 is 13.6. The van der Waals surface area contributed by atoms with E-state index in [2.05, 4.69) is 10.9 Å². The van der Waals surface area contributed by atoms with E-state index in [0.717, 1.165) is 5.56 Å². The number of amides is 3. The van der Waals surface area contributed by atoms with Gasteiger partial charge in [0, 0.05) is 18.7 Å². The molecule has 0 spiro atoms. The predicted molar refractivity (Wildman–Crippen MR) is 102 cm³/mol. The minimum Gasteiger partial charge on any atom is -0.338 e. The molecular formula is C21H22FN3O3. The fourth-order valence-corrected chi connectivity index (χ4v) is 3.19. The van der Waals surface area contributed by atoms with Crippen LogP contribution in [0.5, 0.6) is 0 Å². The summed E-state index contributed by atoms with van der Waals surface area (Å²) in [5, 5.41) is 0. The molecule has 2 aromatic rings. The highest BCUT2D eigenvalue weighted by molar-refractivity contribution is 5.96. The Morgan fingerprint density at radius 3 is 2.46 bits per heavy atom. The van der Waals surface area contributed by atoms with Gasteiger partial charge in [0.2, 0.25) is 5.91 Å². The van der Waals surface area contributed by atoms with Gasteiger partial charge in [0.1, 0.15) is 5.82 Å². The van der Waals surface area contributed by atoms with Crippen LogP contribution in [-0.4, -0.2) is 35.7 Å². The molecule has 0 radical (unpaired) electrons. The van der Waals surface area contributed by atoms with Gasteiger partial charge in [0.15, 0.2) is 0 Å². The Morgan fingerprint density at radius 2 is 1.75 bits per heavy atom. The number of halogens is 1. The summed E-state index contributed by atoms with van der Waals surface area (Å²) in [6.45, 7) is 2.80. The van der Waals surface area contributed by atoms with Crippen molar-refractivity contribution >= 4 is 17.7 Å². The number of carbonyl (C=O) groups excluding carboxylic acids is 3. The van der Waals surface area contributed by atoms with Crippen LogP contribution in [0.15, 0.2) is 48.5 Å². The topological polar surface area (TPSA) is 78.5 Å². The third-order valence-electron chi connectivity index (χ3n) is 4.80. The van der Waals surface area contributed by atoms with Crippen LogP contribution in [0.3, 0.4) is 0 Å². The lowest BCUT2D eigenvalue weighted by atomic mass is 9.96. The first-order chi connectivity index (χ1) is 13.5. The zero-order valence-corrected chi connectivity index (χ0v) is 15.6. The third-order valence-corrected chi connectivity index (χ3v) is 4.80. The molecule has 1 saturated heterocycles. The second kappa shape index (κ2) is 8.65. The zero-order valence-electron chi connectivity index (χ0n) is 15.6. The SMILES string of the molecule is Cc1ccc(C(=O)N2CCCC(C(=O)NNC(=O)c3ccccc3F)C2)cc1. The molecule has 146 valence electrons. The van der Waals surface area contributed by atoms with Gasteiger partial charge in [-0.1, -0.05) is 29.8 Å². The largest absolute Gasteiger partial charge is 0.338 e. The lowest BCUT2D eigenvalue weighted by Crippen LogP contribution is -2.50. The number of benzene rings is 2. The number of hydrogen-bond donors (Lipinski definition) is 2. The number of aryl methyl sites for hydroxylation is 1. The van der Waals surface area contributed by atoms with E-state index < -0.39 is 23.5 Å². The Hall–Kier alpha value is -3.22. The standard InChI is InChI=1S/C21H22FN3O3/c1-14-8-10-15(11-9-14)21(28)25-12-4-5-16(13-25)19(26)23-24-20(27)17-6-2-3-7-18(17)22/h2-3,6-11,16H,4-5,12-13H2,1H3,(H,23,26)(H,24,27). The van der Waals surface area contributed by atoms with E-state index in [1.54, 1.807) is 17.0 Å². The van der Waals surface area contributed by atoms with Crippen molar-refractivity contribution < 1.29 is 18.8 Å². The molecule has 1 unspecified atom stereocenters. The molecule has 1 atom stereocenters. The maximum Gasteiger partial charge on any atom is 0.272 e. The third kappa shape index (κ3) is 4.54. The number of rotatable bonds is 3. The van der Waals surface area contributed by atoms with E-state index in [0.29, 0.717) is 24.9 Å². The van der Waals surface area contributed by atoms with Gasteiger partial charge in [0.05, 0.1) is 11.5 Å². The van der Waals surface area contributed by atoms with Gasteiger partial charge in [0.25, 0.3) is 11.8 Å². The quantitative estimate of drug-likeness (QED) is 0.799. The summed E-state index contributed by atoms with van der Waals surface area (Å²) in [6, 6.07) is 12.8. The van der Waals surface area contributed by atoms with Crippen LogP contribution in [0.25, 0.3) is 0 Å². The molecule has 1 fully saturated rings. The average molecular weight is 383 g/mol. The Labute approximate surface area is 162 Å². The molecule has 2 aromatic carbocycles. The van der Waals surface area contributed by atoms with Crippen LogP contribution < -0.4 is 10.9 Å². The molecule has 0 bridgehead atoms. The van der Waals surface area contributed by atoms with Crippen LogP contribution in [-0.2, 0) is 4.79 Å². The van der Waals surface area contributed by atoms with Gasteiger partial charge in [-0.15, -0.1) is 0 Å². The van der Waals surface area contributed by atoms with Crippen molar-refractivity contribution in [2.45, 2.75) is 19.8 Å². The predicted octanol–water partition coefficient (Wildman–Crippen LogP) is 2.45. The lowest BCUT2D eigenvalue weighted by molar-refractivity contribution is -0.127. The monoisotopic (exact) mass is 383 g/mol. The van der Waals surface area contributed by atoms with Crippen LogP contribution >= 0.6 is 0 Å². The molecule has 3 rings (SSSR count).